The van der Waals surface area contributed by atoms with Crippen molar-refractivity contribution in [3.05, 3.63) is 130 Å². The highest BCUT2D eigenvalue weighted by atomic mass is 35.5. The minimum atomic E-state index is -6.57. The molecule has 0 bridgehead atoms. The first-order chi connectivity index (χ1) is 24.1. The Labute approximate surface area is 297 Å². The lowest BCUT2D eigenvalue weighted by Crippen LogP contribution is -2.55. The molecule has 0 radical (unpaired) electrons. The molecular formula is C35H30ClF10NO4S. The summed E-state index contributed by atoms with van der Waals surface area (Å²) in [6.45, 7) is -0.230. The van der Waals surface area contributed by atoms with Crippen LogP contribution in [0.1, 0.15) is 40.2 Å². The summed E-state index contributed by atoms with van der Waals surface area (Å²) in [5, 5.41) is 9.29. The minimum Gasteiger partial charge on any atom is -0.493 e. The molecule has 4 rings (SSSR count). The highest BCUT2D eigenvalue weighted by Gasteiger charge is 2.73. The van der Waals surface area contributed by atoms with Gasteiger partial charge in [0.1, 0.15) is 11.6 Å². The zero-order chi connectivity index (χ0) is 38.7. The molecule has 0 atom stereocenters. The van der Waals surface area contributed by atoms with Crippen LogP contribution in [0.15, 0.2) is 95.9 Å². The average Bonchev–Trinajstić information content (AvgIpc) is 3.04. The SMILES string of the molecule is CS(=O)(=O)c1cc(OCCCN(Cc2cccc(C(F)(F)F)c2Cl)CC(c2ccccc2)c2ccccc2)cc(F)c1C(O)(C(F)(F)F)C(F)(F)F. The number of halogens is 11. The van der Waals surface area contributed by atoms with Crippen LogP contribution in [-0.2, 0) is 28.2 Å². The van der Waals surface area contributed by atoms with Crippen LogP contribution in [0.2, 0.25) is 5.02 Å². The van der Waals surface area contributed by atoms with Gasteiger partial charge in [0.25, 0.3) is 5.60 Å². The monoisotopic (exact) mass is 785 g/mol. The van der Waals surface area contributed by atoms with E-state index < -0.39 is 73.2 Å². The second kappa shape index (κ2) is 15.6. The third-order valence-corrected chi connectivity index (χ3v) is 9.69. The summed E-state index contributed by atoms with van der Waals surface area (Å²) in [6.07, 6.45) is -17.7. The predicted octanol–water partition coefficient (Wildman–Crippen LogP) is 9.32. The van der Waals surface area contributed by atoms with Crippen molar-refractivity contribution in [3.8, 4) is 5.75 Å². The molecule has 0 fully saturated rings. The van der Waals surface area contributed by atoms with E-state index in [1.54, 1.807) is 17.0 Å². The molecule has 4 aromatic rings. The molecule has 52 heavy (non-hydrogen) atoms. The number of hydrogen-bond donors (Lipinski definition) is 1. The van der Waals surface area contributed by atoms with Gasteiger partial charge in [-0.3, -0.25) is 4.90 Å². The maximum atomic E-state index is 15.1. The van der Waals surface area contributed by atoms with Gasteiger partial charge in [-0.25, -0.2) is 12.8 Å². The van der Waals surface area contributed by atoms with E-state index in [1.165, 1.54) is 12.1 Å². The van der Waals surface area contributed by atoms with Crippen molar-refractivity contribution in [2.75, 3.05) is 26.0 Å². The molecule has 0 saturated carbocycles. The topological polar surface area (TPSA) is 66.8 Å². The van der Waals surface area contributed by atoms with Crippen LogP contribution >= 0.6 is 11.6 Å². The van der Waals surface area contributed by atoms with Gasteiger partial charge in [0.2, 0.25) is 0 Å². The van der Waals surface area contributed by atoms with Crippen LogP contribution in [-0.4, -0.2) is 56.7 Å². The van der Waals surface area contributed by atoms with Crippen LogP contribution in [0.3, 0.4) is 0 Å². The van der Waals surface area contributed by atoms with Gasteiger partial charge in [0.05, 0.1) is 27.7 Å². The zero-order valence-corrected chi connectivity index (χ0v) is 28.5. The van der Waals surface area contributed by atoms with Crippen LogP contribution in [0, 0.1) is 5.82 Å². The summed E-state index contributed by atoms with van der Waals surface area (Å²) in [6, 6.07) is 22.1. The van der Waals surface area contributed by atoms with E-state index in [-0.39, 0.29) is 55.9 Å². The Kier molecular flexibility index (Phi) is 12.3. The highest BCUT2D eigenvalue weighted by Crippen LogP contribution is 2.53. The summed E-state index contributed by atoms with van der Waals surface area (Å²) >= 11 is 6.20. The number of nitrogens with zero attached hydrogens (tertiary/aromatic N) is 1. The largest absolute Gasteiger partial charge is 0.493 e. The average molecular weight is 786 g/mol. The van der Waals surface area contributed by atoms with Gasteiger partial charge in [-0.2, -0.15) is 39.5 Å². The number of sulfone groups is 1. The molecule has 1 N–H and O–H groups in total. The number of benzene rings is 4. The molecule has 0 saturated heterocycles. The first-order valence-electron chi connectivity index (χ1n) is 15.2. The van der Waals surface area contributed by atoms with E-state index in [0.717, 1.165) is 17.2 Å². The highest BCUT2D eigenvalue weighted by molar-refractivity contribution is 7.90. The second-order valence-corrected chi connectivity index (χ2v) is 14.2. The van der Waals surface area contributed by atoms with Crippen molar-refractivity contribution in [2.45, 2.75) is 47.9 Å². The number of aliphatic hydroxyl groups is 1. The quantitative estimate of drug-likeness (QED) is 0.108. The van der Waals surface area contributed by atoms with E-state index in [9.17, 15) is 53.0 Å². The summed E-state index contributed by atoms with van der Waals surface area (Å²) in [4.78, 5) is -0.0395. The van der Waals surface area contributed by atoms with Gasteiger partial charge in [-0.1, -0.05) is 84.4 Å². The maximum absolute atomic E-state index is 15.1. The summed E-state index contributed by atoms with van der Waals surface area (Å²) in [5.74, 6) is -3.41. The second-order valence-electron chi connectivity index (χ2n) is 11.8. The van der Waals surface area contributed by atoms with Crippen molar-refractivity contribution in [3.63, 3.8) is 0 Å². The Balaban J connectivity index is 1.65. The van der Waals surface area contributed by atoms with Crippen LogP contribution in [0.5, 0.6) is 5.75 Å². The Hall–Kier alpha value is -3.86. The lowest BCUT2D eigenvalue weighted by molar-refractivity contribution is -0.377. The number of hydrogen-bond acceptors (Lipinski definition) is 5. The fourth-order valence-corrected chi connectivity index (χ4v) is 6.87. The maximum Gasteiger partial charge on any atom is 0.430 e. The predicted molar refractivity (Wildman–Crippen MR) is 172 cm³/mol. The smallest absolute Gasteiger partial charge is 0.430 e. The molecule has 4 aromatic carbocycles. The summed E-state index contributed by atoms with van der Waals surface area (Å²) < 4.78 is 168. The van der Waals surface area contributed by atoms with Gasteiger partial charge in [0, 0.05) is 37.9 Å². The lowest BCUT2D eigenvalue weighted by atomic mass is 9.90. The van der Waals surface area contributed by atoms with Gasteiger partial charge >= 0.3 is 18.5 Å². The molecule has 282 valence electrons. The standard InChI is InChI=1S/C35H30ClF10NO4S/c1-52(49,50)29-19-25(18-28(37)30(29)32(48,34(41,42)43)35(44,45)46)51-17-9-16-47(20-24-14-8-15-27(31(24)36)33(38,39)40)21-26(22-10-4-2-5-11-22)23-12-6-3-7-13-23/h2-8,10-15,18-19,26,48H,9,16-17,20-21H2,1H3. The molecule has 0 heterocycles. The Morgan fingerprint density at radius 1 is 0.808 bits per heavy atom. The molecule has 0 spiro atoms. The van der Waals surface area contributed by atoms with Gasteiger partial charge in [0.15, 0.2) is 9.84 Å². The van der Waals surface area contributed by atoms with E-state index in [0.29, 0.717) is 0 Å². The molecule has 0 aliphatic heterocycles. The van der Waals surface area contributed by atoms with Gasteiger partial charge in [-0.15, -0.1) is 0 Å². The van der Waals surface area contributed by atoms with Gasteiger partial charge in [-0.05, 0) is 35.2 Å². The number of rotatable bonds is 13. The molecule has 0 aliphatic rings. The third kappa shape index (κ3) is 9.19. The first kappa shape index (κ1) is 40.9. The van der Waals surface area contributed by atoms with Crippen LogP contribution < -0.4 is 4.74 Å². The van der Waals surface area contributed by atoms with Crippen molar-refractivity contribution in [1.82, 2.24) is 4.90 Å². The number of ether oxygens (including phenoxy) is 1. The molecule has 17 heteroatoms. The van der Waals surface area contributed by atoms with Crippen LogP contribution in [0.4, 0.5) is 43.9 Å². The van der Waals surface area contributed by atoms with E-state index in [1.807, 2.05) is 48.5 Å². The fraction of sp³-hybridized carbons (Fsp3) is 0.314. The molecule has 0 amide bonds. The Morgan fingerprint density at radius 2 is 1.35 bits per heavy atom. The number of alkyl halides is 9. The van der Waals surface area contributed by atoms with Crippen molar-refractivity contribution in [2.24, 2.45) is 0 Å². The Bertz CT molecular complexity index is 1880. The van der Waals surface area contributed by atoms with Gasteiger partial charge < -0.3 is 9.84 Å². The third-order valence-electron chi connectivity index (χ3n) is 8.12. The molecule has 0 aliphatic carbocycles. The van der Waals surface area contributed by atoms with Crippen molar-refractivity contribution >= 4 is 21.4 Å². The molecule has 0 aromatic heterocycles. The summed E-state index contributed by atoms with van der Waals surface area (Å²) in [7, 11) is -5.03. The molecule has 0 unspecified atom stereocenters. The van der Waals surface area contributed by atoms with E-state index in [2.05, 4.69) is 0 Å². The van der Waals surface area contributed by atoms with E-state index in [4.69, 9.17) is 16.3 Å². The van der Waals surface area contributed by atoms with E-state index >= 15 is 4.39 Å². The molecule has 5 nitrogen and oxygen atoms in total. The fourth-order valence-electron chi connectivity index (χ4n) is 5.64. The van der Waals surface area contributed by atoms with Crippen molar-refractivity contribution in [1.29, 1.82) is 0 Å². The lowest BCUT2D eigenvalue weighted by Gasteiger charge is -2.34. The minimum absolute atomic E-state index is 0.000498. The normalized spacial score (nSPS) is 13.2. The Morgan fingerprint density at radius 3 is 1.83 bits per heavy atom. The summed E-state index contributed by atoms with van der Waals surface area (Å²) in [5.41, 5.74) is -7.61. The molecular weight excluding hydrogens is 756 g/mol. The first-order valence-corrected chi connectivity index (χ1v) is 17.5. The van der Waals surface area contributed by atoms with Crippen LogP contribution in [0.25, 0.3) is 0 Å². The zero-order valence-electron chi connectivity index (χ0n) is 27.0. The van der Waals surface area contributed by atoms with Crippen molar-refractivity contribution < 1.29 is 62.2 Å².